The lowest BCUT2D eigenvalue weighted by atomic mass is 9.94. The van der Waals surface area contributed by atoms with Gasteiger partial charge in [-0.15, -0.1) is 0 Å². The van der Waals surface area contributed by atoms with Crippen LogP contribution in [0.1, 0.15) is 44.1 Å². The molecule has 1 aromatic rings. The topological polar surface area (TPSA) is 48.0 Å². The number of benzene rings is 1. The van der Waals surface area contributed by atoms with Crippen LogP contribution in [0.2, 0.25) is 0 Å². The summed E-state index contributed by atoms with van der Waals surface area (Å²) in [5, 5.41) is 0. The fourth-order valence-electron chi connectivity index (χ4n) is 3.72. The number of nitrogens with zero attached hydrogens (tertiary/aromatic N) is 1. The summed E-state index contributed by atoms with van der Waals surface area (Å²) in [6.45, 7) is 1.58. The van der Waals surface area contributed by atoms with Crippen LogP contribution in [0, 0.1) is 0 Å². The molecule has 1 saturated carbocycles. The molecular formula is C21H34BNO4. The molecule has 150 valence electrons. The molecule has 0 heterocycles. The van der Waals surface area contributed by atoms with Crippen molar-refractivity contribution in [2.75, 3.05) is 34.0 Å². The minimum atomic E-state index is -0.377. The fraction of sp³-hybridized carbons (Fsp3) is 0.667. The zero-order valence-corrected chi connectivity index (χ0v) is 17.1. The van der Waals surface area contributed by atoms with E-state index in [1.165, 1.54) is 30.3 Å². The van der Waals surface area contributed by atoms with Gasteiger partial charge < -0.3 is 19.1 Å². The largest absolute Gasteiger partial charge is 0.381 e. The average molecular weight is 375 g/mol. The number of hydrogen-bond acceptors (Lipinski definition) is 4. The Bertz CT molecular complexity index is 559. The molecule has 1 aromatic carbocycles. The van der Waals surface area contributed by atoms with Crippen molar-refractivity contribution in [3.63, 3.8) is 0 Å². The Hall–Kier alpha value is -1.37. The predicted molar refractivity (Wildman–Crippen MR) is 110 cm³/mol. The van der Waals surface area contributed by atoms with E-state index in [4.69, 9.17) is 14.2 Å². The first-order valence-corrected chi connectivity index (χ1v) is 10.1. The zero-order valence-electron chi connectivity index (χ0n) is 17.1. The van der Waals surface area contributed by atoms with Crippen molar-refractivity contribution in [2.24, 2.45) is 0 Å². The quantitative estimate of drug-likeness (QED) is 0.335. The zero-order chi connectivity index (χ0) is 19.5. The van der Waals surface area contributed by atoms with Gasteiger partial charge in [-0.05, 0) is 24.8 Å². The highest BCUT2D eigenvalue weighted by Gasteiger charge is 2.27. The summed E-state index contributed by atoms with van der Waals surface area (Å²) < 4.78 is 16.4. The van der Waals surface area contributed by atoms with E-state index < -0.39 is 0 Å². The first kappa shape index (κ1) is 21.9. The Morgan fingerprint density at radius 1 is 1.19 bits per heavy atom. The number of carbonyl (C=O) groups is 1. The van der Waals surface area contributed by atoms with E-state index >= 15 is 0 Å². The molecule has 5 nitrogen and oxygen atoms in total. The molecule has 27 heavy (non-hydrogen) atoms. The highest BCUT2D eigenvalue weighted by molar-refractivity contribution is 6.32. The van der Waals surface area contributed by atoms with Gasteiger partial charge in [-0.2, -0.15) is 0 Å². The second-order valence-electron chi connectivity index (χ2n) is 7.34. The highest BCUT2D eigenvalue weighted by atomic mass is 16.7. The molecule has 0 radical (unpaired) electrons. The molecule has 2 rings (SSSR count). The van der Waals surface area contributed by atoms with Crippen molar-refractivity contribution in [3.05, 3.63) is 29.8 Å². The van der Waals surface area contributed by atoms with Crippen LogP contribution in [0.25, 0.3) is 0 Å². The van der Waals surface area contributed by atoms with Gasteiger partial charge in [0.15, 0.2) is 6.29 Å². The third kappa shape index (κ3) is 7.64. The lowest BCUT2D eigenvalue weighted by Gasteiger charge is -2.36. The van der Waals surface area contributed by atoms with E-state index in [0.29, 0.717) is 32.2 Å². The fourth-order valence-corrected chi connectivity index (χ4v) is 3.72. The molecule has 0 bridgehead atoms. The summed E-state index contributed by atoms with van der Waals surface area (Å²) in [5.41, 5.74) is 2.53. The average Bonchev–Trinajstić information content (AvgIpc) is 2.69. The molecule has 0 saturated heterocycles. The summed E-state index contributed by atoms with van der Waals surface area (Å²) in [4.78, 5) is 14.8. The van der Waals surface area contributed by atoms with Gasteiger partial charge in [0.25, 0.3) is 0 Å². The molecule has 1 aliphatic carbocycles. The molecule has 0 aromatic heterocycles. The Kier molecular flexibility index (Phi) is 9.88. The van der Waals surface area contributed by atoms with E-state index in [1.54, 1.807) is 14.2 Å². The maximum absolute atomic E-state index is 12.8. The lowest BCUT2D eigenvalue weighted by molar-refractivity contribution is -0.151. The second kappa shape index (κ2) is 12.2. The first-order chi connectivity index (χ1) is 13.1. The van der Waals surface area contributed by atoms with Crippen LogP contribution in [-0.4, -0.2) is 65.0 Å². The van der Waals surface area contributed by atoms with E-state index in [-0.39, 0.29) is 12.2 Å². The van der Waals surface area contributed by atoms with Gasteiger partial charge in [0, 0.05) is 20.3 Å². The molecule has 1 fully saturated rings. The third-order valence-corrected chi connectivity index (χ3v) is 5.29. The SMILES string of the molecule is Bc1cccc(CCOCCC(=O)N(CC(OC)OC)C2CCCCC2)c1. The number of ether oxygens (including phenoxy) is 3. The van der Waals surface area contributed by atoms with Crippen LogP contribution >= 0.6 is 0 Å². The van der Waals surface area contributed by atoms with Crippen molar-refractivity contribution >= 4 is 19.2 Å². The summed E-state index contributed by atoms with van der Waals surface area (Å²) >= 11 is 0. The van der Waals surface area contributed by atoms with Crippen LogP contribution in [0.3, 0.4) is 0 Å². The highest BCUT2D eigenvalue weighted by Crippen LogP contribution is 2.23. The van der Waals surface area contributed by atoms with Crippen LogP contribution in [-0.2, 0) is 25.4 Å². The van der Waals surface area contributed by atoms with Gasteiger partial charge in [0.2, 0.25) is 5.91 Å². The summed E-state index contributed by atoms with van der Waals surface area (Å²) in [6, 6.07) is 8.75. The van der Waals surface area contributed by atoms with E-state index in [1.807, 2.05) is 4.90 Å². The Morgan fingerprint density at radius 2 is 1.93 bits per heavy atom. The molecule has 0 spiro atoms. The molecule has 1 amide bonds. The van der Waals surface area contributed by atoms with Gasteiger partial charge in [0.1, 0.15) is 7.85 Å². The molecule has 1 aliphatic rings. The minimum Gasteiger partial charge on any atom is -0.381 e. The first-order valence-electron chi connectivity index (χ1n) is 10.1. The standard InChI is InChI=1S/C21H34BNO4/c1-25-21(26-2)16-23(19-9-4-3-5-10-19)20(24)12-14-27-13-11-17-7-6-8-18(22)15-17/h6-8,15,19,21H,3-5,9-14,16,22H2,1-2H3. The van der Waals surface area contributed by atoms with Crippen molar-refractivity contribution in [1.82, 2.24) is 4.90 Å². The third-order valence-electron chi connectivity index (χ3n) is 5.29. The van der Waals surface area contributed by atoms with Gasteiger partial charge in [-0.25, -0.2) is 0 Å². The lowest BCUT2D eigenvalue weighted by Crippen LogP contribution is -2.46. The van der Waals surface area contributed by atoms with Gasteiger partial charge >= 0.3 is 0 Å². The van der Waals surface area contributed by atoms with Crippen molar-refractivity contribution in [3.8, 4) is 0 Å². The Balaban J connectivity index is 1.77. The number of hydrogen-bond donors (Lipinski definition) is 0. The Morgan fingerprint density at radius 3 is 2.59 bits per heavy atom. The van der Waals surface area contributed by atoms with Crippen LogP contribution in [0.5, 0.6) is 0 Å². The molecule has 6 heteroatoms. The summed E-state index contributed by atoms with van der Waals surface area (Å²) in [7, 11) is 5.33. The normalized spacial score (nSPS) is 15.2. The second-order valence-corrected chi connectivity index (χ2v) is 7.34. The van der Waals surface area contributed by atoms with Crippen LogP contribution in [0.15, 0.2) is 24.3 Å². The van der Waals surface area contributed by atoms with Crippen molar-refractivity contribution < 1.29 is 19.0 Å². The molecule has 0 aliphatic heterocycles. The van der Waals surface area contributed by atoms with Crippen LogP contribution < -0.4 is 5.46 Å². The van der Waals surface area contributed by atoms with E-state index in [2.05, 4.69) is 32.1 Å². The molecular weight excluding hydrogens is 341 g/mol. The Labute approximate surface area is 164 Å². The monoisotopic (exact) mass is 375 g/mol. The smallest absolute Gasteiger partial charge is 0.225 e. The summed E-state index contributed by atoms with van der Waals surface area (Å²) in [6.07, 6.45) is 6.68. The summed E-state index contributed by atoms with van der Waals surface area (Å²) in [5.74, 6) is 0.136. The number of carbonyl (C=O) groups excluding carboxylic acids is 1. The van der Waals surface area contributed by atoms with Gasteiger partial charge in [0.05, 0.1) is 26.2 Å². The van der Waals surface area contributed by atoms with Gasteiger partial charge in [-0.3, -0.25) is 4.79 Å². The minimum absolute atomic E-state index is 0.136. The molecule has 0 N–H and O–H groups in total. The predicted octanol–water partition coefficient (Wildman–Crippen LogP) is 1.67. The van der Waals surface area contributed by atoms with E-state index in [0.717, 1.165) is 19.3 Å². The van der Waals surface area contributed by atoms with Crippen molar-refractivity contribution in [1.29, 1.82) is 0 Å². The van der Waals surface area contributed by atoms with Crippen LogP contribution in [0.4, 0.5) is 0 Å². The number of amides is 1. The maximum atomic E-state index is 12.8. The van der Waals surface area contributed by atoms with E-state index in [9.17, 15) is 4.79 Å². The number of methoxy groups -OCH3 is 2. The van der Waals surface area contributed by atoms with Crippen molar-refractivity contribution in [2.45, 2.75) is 57.3 Å². The molecule has 0 atom stereocenters. The molecule has 0 unspecified atom stereocenters. The maximum Gasteiger partial charge on any atom is 0.225 e. The number of rotatable bonds is 11. The van der Waals surface area contributed by atoms with Gasteiger partial charge in [-0.1, -0.05) is 49.0 Å².